The molecule has 1 aliphatic rings. The molecule has 1 atom stereocenters. The van der Waals surface area contributed by atoms with Gasteiger partial charge < -0.3 is 15.5 Å². The van der Waals surface area contributed by atoms with Gasteiger partial charge in [-0.1, -0.05) is 6.07 Å². The molecule has 0 spiro atoms. The van der Waals surface area contributed by atoms with Gasteiger partial charge in [-0.15, -0.1) is 0 Å². The summed E-state index contributed by atoms with van der Waals surface area (Å²) < 4.78 is 1.74. The number of urea groups is 1. The maximum atomic E-state index is 12.2. The second kappa shape index (κ2) is 7.55. The molecular formula is C18H26N6O. The molecule has 0 aliphatic carbocycles. The van der Waals surface area contributed by atoms with E-state index >= 15 is 0 Å². The van der Waals surface area contributed by atoms with E-state index in [0.717, 1.165) is 43.1 Å². The molecular weight excluding hydrogens is 316 g/mol. The smallest absolute Gasteiger partial charge is 0.315 e. The third kappa shape index (κ3) is 4.49. The van der Waals surface area contributed by atoms with E-state index in [-0.39, 0.29) is 18.1 Å². The number of amides is 2. The molecule has 2 aromatic rings. The lowest BCUT2D eigenvalue weighted by Crippen LogP contribution is -2.48. The van der Waals surface area contributed by atoms with Gasteiger partial charge in [0, 0.05) is 38.1 Å². The molecule has 0 aromatic carbocycles. The van der Waals surface area contributed by atoms with Gasteiger partial charge in [-0.3, -0.25) is 4.68 Å². The van der Waals surface area contributed by atoms with Gasteiger partial charge in [0.05, 0.1) is 11.7 Å². The second-order valence-electron chi connectivity index (χ2n) is 6.65. The molecule has 0 radical (unpaired) electrons. The zero-order valence-corrected chi connectivity index (χ0v) is 15.1. The summed E-state index contributed by atoms with van der Waals surface area (Å²) in [6.45, 7) is 5.74. The van der Waals surface area contributed by atoms with Crippen LogP contribution in [0.1, 0.15) is 37.2 Å². The van der Waals surface area contributed by atoms with Gasteiger partial charge in [-0.2, -0.15) is 5.10 Å². The normalized spacial score (nSPS) is 16.5. The second-order valence-corrected chi connectivity index (χ2v) is 6.65. The van der Waals surface area contributed by atoms with Gasteiger partial charge in [0.2, 0.25) is 0 Å². The highest BCUT2D eigenvalue weighted by atomic mass is 16.2. The van der Waals surface area contributed by atoms with Gasteiger partial charge in [-0.05, 0) is 44.9 Å². The van der Waals surface area contributed by atoms with Crippen molar-refractivity contribution in [1.82, 2.24) is 25.4 Å². The first-order chi connectivity index (χ1) is 12.0. The minimum absolute atomic E-state index is 0.113. The van der Waals surface area contributed by atoms with Crippen LogP contribution in [0.15, 0.2) is 30.5 Å². The Kier molecular flexibility index (Phi) is 5.21. The van der Waals surface area contributed by atoms with Gasteiger partial charge in [-0.25, -0.2) is 9.78 Å². The van der Waals surface area contributed by atoms with Crippen molar-refractivity contribution in [3.63, 3.8) is 0 Å². The van der Waals surface area contributed by atoms with Crippen LogP contribution in [-0.2, 0) is 7.05 Å². The van der Waals surface area contributed by atoms with Crippen LogP contribution in [0, 0.1) is 6.92 Å². The van der Waals surface area contributed by atoms with Gasteiger partial charge >= 0.3 is 6.03 Å². The Labute approximate surface area is 148 Å². The van der Waals surface area contributed by atoms with E-state index in [9.17, 15) is 4.79 Å². The van der Waals surface area contributed by atoms with E-state index in [2.05, 4.69) is 25.6 Å². The highest BCUT2D eigenvalue weighted by Crippen LogP contribution is 2.18. The summed E-state index contributed by atoms with van der Waals surface area (Å²) in [6.07, 6.45) is 3.71. The van der Waals surface area contributed by atoms with Crippen molar-refractivity contribution in [2.24, 2.45) is 7.05 Å². The Morgan fingerprint density at radius 1 is 1.28 bits per heavy atom. The molecule has 7 nitrogen and oxygen atoms in total. The lowest BCUT2D eigenvalue weighted by atomic mass is 10.1. The quantitative estimate of drug-likeness (QED) is 0.893. The van der Waals surface area contributed by atoms with Crippen LogP contribution in [0.5, 0.6) is 0 Å². The first-order valence-electron chi connectivity index (χ1n) is 8.76. The zero-order chi connectivity index (χ0) is 17.8. The zero-order valence-electron chi connectivity index (χ0n) is 15.1. The van der Waals surface area contributed by atoms with Crippen LogP contribution in [0.2, 0.25) is 0 Å². The number of aromatic nitrogens is 3. The topological polar surface area (TPSA) is 75.1 Å². The molecule has 1 aliphatic heterocycles. The number of nitrogens with one attached hydrogen (secondary N) is 2. The SMILES string of the molecule is Cc1cccc(N2CCC(NC(=O)NC(C)c3ccn(C)n3)CC2)n1. The Bertz CT molecular complexity index is 720. The van der Waals surface area contributed by atoms with Crippen molar-refractivity contribution in [2.45, 2.75) is 38.8 Å². The summed E-state index contributed by atoms with van der Waals surface area (Å²) in [5.74, 6) is 1.02. The number of pyridine rings is 1. The van der Waals surface area contributed by atoms with Crippen molar-refractivity contribution in [3.8, 4) is 0 Å². The number of hydrogen-bond acceptors (Lipinski definition) is 4. The number of carbonyl (C=O) groups is 1. The van der Waals surface area contributed by atoms with Crippen molar-refractivity contribution >= 4 is 11.8 Å². The number of hydrogen-bond donors (Lipinski definition) is 2. The Hall–Kier alpha value is -2.57. The van der Waals surface area contributed by atoms with E-state index in [1.807, 2.05) is 51.4 Å². The Morgan fingerprint density at radius 2 is 2.04 bits per heavy atom. The third-order valence-electron chi connectivity index (χ3n) is 4.55. The van der Waals surface area contributed by atoms with Gasteiger partial charge in [0.1, 0.15) is 5.82 Å². The largest absolute Gasteiger partial charge is 0.356 e. The van der Waals surface area contributed by atoms with Crippen molar-refractivity contribution < 1.29 is 4.79 Å². The molecule has 1 fully saturated rings. The fourth-order valence-corrected chi connectivity index (χ4v) is 3.12. The molecule has 25 heavy (non-hydrogen) atoms. The number of aryl methyl sites for hydroxylation is 2. The number of anilines is 1. The molecule has 2 amide bonds. The Morgan fingerprint density at radius 3 is 2.68 bits per heavy atom. The molecule has 2 N–H and O–H groups in total. The molecule has 3 rings (SSSR count). The number of carbonyl (C=O) groups excluding carboxylic acids is 1. The van der Waals surface area contributed by atoms with E-state index in [0.29, 0.717) is 0 Å². The van der Waals surface area contributed by atoms with E-state index < -0.39 is 0 Å². The standard InChI is InChI=1S/C18H26N6O/c1-13-5-4-6-17(19-13)24-11-7-15(8-12-24)21-18(25)20-14(2)16-9-10-23(3)22-16/h4-6,9-10,14-15H,7-8,11-12H2,1-3H3,(H2,20,21,25). The van der Waals surface area contributed by atoms with Crippen LogP contribution in [0.3, 0.4) is 0 Å². The predicted molar refractivity (Wildman–Crippen MR) is 97.5 cm³/mol. The molecule has 0 saturated carbocycles. The minimum Gasteiger partial charge on any atom is -0.356 e. The number of rotatable bonds is 4. The molecule has 1 unspecified atom stereocenters. The third-order valence-corrected chi connectivity index (χ3v) is 4.55. The van der Waals surface area contributed by atoms with Crippen molar-refractivity contribution in [1.29, 1.82) is 0 Å². The summed E-state index contributed by atoms with van der Waals surface area (Å²) in [7, 11) is 1.87. The summed E-state index contributed by atoms with van der Waals surface area (Å²) in [5.41, 5.74) is 1.89. The fourth-order valence-electron chi connectivity index (χ4n) is 3.12. The van der Waals surface area contributed by atoms with E-state index in [1.165, 1.54) is 0 Å². The highest BCUT2D eigenvalue weighted by Gasteiger charge is 2.22. The average molecular weight is 342 g/mol. The summed E-state index contributed by atoms with van der Waals surface area (Å²) in [6, 6.07) is 7.94. The monoisotopic (exact) mass is 342 g/mol. The Balaban J connectivity index is 1.46. The molecule has 1 saturated heterocycles. The summed E-state index contributed by atoms with van der Waals surface area (Å²) in [4.78, 5) is 19.1. The van der Waals surface area contributed by atoms with Crippen LogP contribution in [0.25, 0.3) is 0 Å². The minimum atomic E-state index is -0.134. The molecule has 7 heteroatoms. The van der Waals surface area contributed by atoms with Crippen LogP contribution >= 0.6 is 0 Å². The van der Waals surface area contributed by atoms with Crippen LogP contribution in [-0.4, -0.2) is 39.9 Å². The average Bonchev–Trinajstić information content (AvgIpc) is 3.02. The van der Waals surface area contributed by atoms with Crippen molar-refractivity contribution in [3.05, 3.63) is 41.9 Å². The molecule has 2 aromatic heterocycles. The molecule has 0 bridgehead atoms. The highest BCUT2D eigenvalue weighted by molar-refractivity contribution is 5.74. The maximum absolute atomic E-state index is 12.2. The fraction of sp³-hybridized carbons (Fsp3) is 0.500. The van der Waals surface area contributed by atoms with E-state index in [4.69, 9.17) is 0 Å². The van der Waals surface area contributed by atoms with E-state index in [1.54, 1.807) is 4.68 Å². The van der Waals surface area contributed by atoms with Crippen LogP contribution < -0.4 is 15.5 Å². The maximum Gasteiger partial charge on any atom is 0.315 e. The van der Waals surface area contributed by atoms with Gasteiger partial charge in [0.15, 0.2) is 0 Å². The lowest BCUT2D eigenvalue weighted by Gasteiger charge is -2.33. The molecule has 3 heterocycles. The van der Waals surface area contributed by atoms with Crippen LogP contribution in [0.4, 0.5) is 10.6 Å². The lowest BCUT2D eigenvalue weighted by molar-refractivity contribution is 0.231. The summed E-state index contributed by atoms with van der Waals surface area (Å²) in [5, 5.41) is 10.4. The number of nitrogens with zero attached hydrogens (tertiary/aromatic N) is 4. The summed E-state index contributed by atoms with van der Waals surface area (Å²) >= 11 is 0. The first-order valence-corrected chi connectivity index (χ1v) is 8.76. The predicted octanol–water partition coefficient (Wildman–Crippen LogP) is 2.15. The number of piperidine rings is 1. The van der Waals surface area contributed by atoms with Gasteiger partial charge in [0.25, 0.3) is 0 Å². The van der Waals surface area contributed by atoms with Crippen molar-refractivity contribution in [2.75, 3.05) is 18.0 Å². The molecule has 134 valence electrons. The first kappa shape index (κ1) is 17.3.